The predicted octanol–water partition coefficient (Wildman–Crippen LogP) is 3.75. The first-order chi connectivity index (χ1) is 11.3. The molecular formula is C15H17ClN2O4S2. The Labute approximate surface area is 149 Å². The minimum atomic E-state index is -3.80. The van der Waals surface area contributed by atoms with Gasteiger partial charge in [-0.25, -0.2) is 13.2 Å². The van der Waals surface area contributed by atoms with Crippen molar-refractivity contribution in [2.24, 2.45) is 0 Å². The number of thiophene rings is 1. The number of rotatable bonds is 7. The van der Waals surface area contributed by atoms with Gasteiger partial charge in [-0.05, 0) is 44.2 Å². The van der Waals surface area contributed by atoms with E-state index in [0.29, 0.717) is 23.1 Å². The van der Waals surface area contributed by atoms with Crippen LogP contribution < -0.4 is 9.62 Å². The summed E-state index contributed by atoms with van der Waals surface area (Å²) in [7, 11) is -3.80. The fourth-order valence-electron chi connectivity index (χ4n) is 2.26. The minimum absolute atomic E-state index is 0.0445. The molecule has 6 nitrogen and oxygen atoms in total. The average molecular weight is 389 g/mol. The summed E-state index contributed by atoms with van der Waals surface area (Å²) in [6.07, 6.45) is 0. The Balaban J connectivity index is 2.39. The predicted molar refractivity (Wildman–Crippen MR) is 97.1 cm³/mol. The van der Waals surface area contributed by atoms with E-state index < -0.39 is 16.0 Å². The molecule has 0 saturated heterocycles. The number of aromatic carboxylic acids is 1. The lowest BCUT2D eigenvalue weighted by molar-refractivity contribution is 0.0697. The van der Waals surface area contributed by atoms with Crippen LogP contribution in [0.4, 0.5) is 11.4 Å². The summed E-state index contributed by atoms with van der Waals surface area (Å²) in [5, 5.41) is 9.43. The molecule has 2 rings (SSSR count). The van der Waals surface area contributed by atoms with Crippen LogP contribution in [-0.4, -0.2) is 32.6 Å². The number of nitrogens with one attached hydrogen (secondary N) is 1. The van der Waals surface area contributed by atoms with Gasteiger partial charge < -0.3 is 10.0 Å². The zero-order valence-corrected chi connectivity index (χ0v) is 15.5. The summed E-state index contributed by atoms with van der Waals surface area (Å²) in [6.45, 7) is 5.14. The molecule has 0 bridgehead atoms. The monoisotopic (exact) mass is 388 g/mol. The normalized spacial score (nSPS) is 11.3. The summed E-state index contributed by atoms with van der Waals surface area (Å²) in [5.41, 5.74) is 0.783. The number of carboxylic acid groups (broad SMARTS) is 1. The number of hydrogen-bond acceptors (Lipinski definition) is 5. The molecule has 0 atom stereocenters. The van der Waals surface area contributed by atoms with E-state index in [1.807, 2.05) is 18.7 Å². The third-order valence-electron chi connectivity index (χ3n) is 3.40. The summed E-state index contributed by atoms with van der Waals surface area (Å²) in [4.78, 5) is 13.4. The van der Waals surface area contributed by atoms with Crippen molar-refractivity contribution in [2.45, 2.75) is 18.1 Å². The number of anilines is 2. The second-order valence-corrected chi connectivity index (χ2v) is 8.50. The van der Waals surface area contributed by atoms with E-state index >= 15 is 0 Å². The number of benzene rings is 1. The van der Waals surface area contributed by atoms with Gasteiger partial charge in [-0.2, -0.15) is 0 Å². The average Bonchev–Trinajstić information content (AvgIpc) is 2.96. The van der Waals surface area contributed by atoms with Gasteiger partial charge in [0, 0.05) is 18.8 Å². The van der Waals surface area contributed by atoms with Crippen molar-refractivity contribution < 1.29 is 18.3 Å². The molecule has 0 saturated carbocycles. The van der Waals surface area contributed by atoms with E-state index in [-0.39, 0.29) is 15.5 Å². The molecule has 2 aromatic rings. The van der Waals surface area contributed by atoms with Gasteiger partial charge >= 0.3 is 5.97 Å². The van der Waals surface area contributed by atoms with Crippen molar-refractivity contribution in [3.05, 3.63) is 40.2 Å². The van der Waals surface area contributed by atoms with Gasteiger partial charge in [-0.15, -0.1) is 11.3 Å². The molecule has 1 aromatic heterocycles. The van der Waals surface area contributed by atoms with E-state index in [0.717, 1.165) is 11.3 Å². The van der Waals surface area contributed by atoms with E-state index in [4.69, 9.17) is 11.6 Å². The highest BCUT2D eigenvalue weighted by molar-refractivity contribution is 7.94. The lowest BCUT2D eigenvalue weighted by Gasteiger charge is -2.23. The van der Waals surface area contributed by atoms with Crippen molar-refractivity contribution in [2.75, 3.05) is 22.7 Å². The van der Waals surface area contributed by atoms with E-state index in [1.165, 1.54) is 18.2 Å². The second-order valence-electron chi connectivity index (χ2n) is 4.87. The van der Waals surface area contributed by atoms with Gasteiger partial charge in [0.1, 0.15) is 4.21 Å². The van der Waals surface area contributed by atoms with Gasteiger partial charge in [-0.3, -0.25) is 4.72 Å². The molecule has 24 heavy (non-hydrogen) atoms. The van der Waals surface area contributed by atoms with E-state index in [9.17, 15) is 18.3 Å². The highest BCUT2D eigenvalue weighted by atomic mass is 35.5. The van der Waals surface area contributed by atoms with Crippen molar-refractivity contribution in [3.63, 3.8) is 0 Å². The molecule has 130 valence electrons. The van der Waals surface area contributed by atoms with Gasteiger partial charge in [0.2, 0.25) is 0 Å². The van der Waals surface area contributed by atoms with E-state index in [2.05, 4.69) is 4.72 Å². The van der Waals surface area contributed by atoms with Gasteiger partial charge in [-0.1, -0.05) is 11.6 Å². The highest BCUT2D eigenvalue weighted by Crippen LogP contribution is 2.29. The lowest BCUT2D eigenvalue weighted by atomic mass is 10.1. The second kappa shape index (κ2) is 7.42. The zero-order chi connectivity index (χ0) is 17.9. The van der Waals surface area contributed by atoms with Crippen LogP contribution in [-0.2, 0) is 10.0 Å². The molecule has 2 N–H and O–H groups in total. The standard InChI is InChI=1S/C15H17ClN2O4S2/c1-3-18(4-2)12-6-5-10(9-11(12)15(19)20)17-24(21,22)14-8-7-13(16)23-14/h5-9,17H,3-4H2,1-2H3,(H,19,20). The van der Waals surface area contributed by atoms with Crippen molar-refractivity contribution in [3.8, 4) is 0 Å². The molecule has 1 heterocycles. The molecule has 0 unspecified atom stereocenters. The van der Waals surface area contributed by atoms with Gasteiger partial charge in [0.25, 0.3) is 10.0 Å². The minimum Gasteiger partial charge on any atom is -0.478 e. The Morgan fingerprint density at radius 2 is 1.92 bits per heavy atom. The molecule has 0 fully saturated rings. The SMILES string of the molecule is CCN(CC)c1ccc(NS(=O)(=O)c2ccc(Cl)s2)cc1C(=O)O. The fourth-order valence-corrected chi connectivity index (χ4v) is 4.79. The third kappa shape index (κ3) is 4.00. The van der Waals surface area contributed by atoms with E-state index in [1.54, 1.807) is 12.1 Å². The van der Waals surface area contributed by atoms with Gasteiger partial charge in [0.15, 0.2) is 0 Å². The van der Waals surface area contributed by atoms with Gasteiger partial charge in [0.05, 0.1) is 15.6 Å². The largest absolute Gasteiger partial charge is 0.478 e. The van der Waals surface area contributed by atoms with Crippen LogP contribution in [0.5, 0.6) is 0 Å². The highest BCUT2D eigenvalue weighted by Gasteiger charge is 2.20. The van der Waals surface area contributed by atoms with Crippen LogP contribution in [0.1, 0.15) is 24.2 Å². The summed E-state index contributed by atoms with van der Waals surface area (Å²) >= 11 is 6.70. The maximum atomic E-state index is 12.3. The lowest BCUT2D eigenvalue weighted by Crippen LogP contribution is -2.24. The molecule has 0 radical (unpaired) electrons. The van der Waals surface area contributed by atoms with Crippen LogP contribution in [0.3, 0.4) is 0 Å². The first kappa shape index (κ1) is 18.6. The Morgan fingerprint density at radius 3 is 2.42 bits per heavy atom. The number of halogens is 1. The van der Waals surface area contributed by atoms with Crippen LogP contribution in [0, 0.1) is 0 Å². The Morgan fingerprint density at radius 1 is 1.25 bits per heavy atom. The Kier molecular flexibility index (Phi) is 5.74. The Bertz CT molecular complexity index is 845. The molecule has 0 spiro atoms. The van der Waals surface area contributed by atoms with Crippen LogP contribution in [0.25, 0.3) is 0 Å². The number of carboxylic acids is 1. The Hall–Kier alpha value is -1.77. The third-order valence-corrected chi connectivity index (χ3v) is 6.50. The molecule has 0 aliphatic rings. The summed E-state index contributed by atoms with van der Waals surface area (Å²) in [5.74, 6) is -1.11. The number of sulfonamides is 1. The smallest absolute Gasteiger partial charge is 0.337 e. The van der Waals surface area contributed by atoms with Crippen LogP contribution >= 0.6 is 22.9 Å². The van der Waals surface area contributed by atoms with Crippen molar-refractivity contribution >= 4 is 50.3 Å². The molecule has 9 heteroatoms. The molecule has 0 aliphatic heterocycles. The summed E-state index contributed by atoms with van der Waals surface area (Å²) in [6, 6.07) is 7.37. The topological polar surface area (TPSA) is 86.7 Å². The number of carbonyl (C=O) groups is 1. The van der Waals surface area contributed by atoms with Crippen LogP contribution in [0.15, 0.2) is 34.5 Å². The van der Waals surface area contributed by atoms with Crippen LogP contribution in [0.2, 0.25) is 4.34 Å². The van der Waals surface area contributed by atoms with Crippen molar-refractivity contribution in [1.82, 2.24) is 0 Å². The summed E-state index contributed by atoms with van der Waals surface area (Å²) < 4.78 is 27.4. The molecule has 0 amide bonds. The van der Waals surface area contributed by atoms with Crippen molar-refractivity contribution in [1.29, 1.82) is 0 Å². The maximum absolute atomic E-state index is 12.3. The first-order valence-electron chi connectivity index (χ1n) is 7.19. The first-order valence-corrected chi connectivity index (χ1v) is 9.86. The molecule has 0 aliphatic carbocycles. The zero-order valence-electron chi connectivity index (χ0n) is 13.1. The molecule has 1 aromatic carbocycles. The number of nitrogens with zero attached hydrogens (tertiary/aromatic N) is 1. The molecular weight excluding hydrogens is 372 g/mol. The fraction of sp³-hybridized carbons (Fsp3) is 0.267. The maximum Gasteiger partial charge on any atom is 0.337 e. The number of hydrogen-bond donors (Lipinski definition) is 2. The quantitative estimate of drug-likeness (QED) is 0.754.